The molecule has 2 nitrogen and oxygen atoms in total. The van der Waals surface area contributed by atoms with E-state index in [0.717, 1.165) is 44.0 Å². The van der Waals surface area contributed by atoms with E-state index in [4.69, 9.17) is 4.74 Å². The van der Waals surface area contributed by atoms with Crippen LogP contribution in [0.5, 0.6) is 0 Å². The maximum Gasteiger partial charge on any atom is 0.0594 e. The fourth-order valence-corrected chi connectivity index (χ4v) is 4.51. The number of nitrogens with zero attached hydrogens (tertiary/aromatic N) is 1. The fraction of sp³-hybridized carbons (Fsp3) is 1.00. The minimum Gasteiger partial charge on any atom is -0.379 e. The Hall–Kier alpha value is 0.270. The molecule has 0 aromatic carbocycles. The topological polar surface area (TPSA) is 12.5 Å². The van der Waals surface area contributed by atoms with Gasteiger partial charge in [0.15, 0.2) is 0 Å². The number of rotatable bonds is 2. The van der Waals surface area contributed by atoms with Crippen molar-refractivity contribution in [1.29, 1.82) is 0 Å². The van der Waals surface area contributed by atoms with Crippen LogP contribution in [0.3, 0.4) is 0 Å². The van der Waals surface area contributed by atoms with Crippen LogP contribution < -0.4 is 0 Å². The Morgan fingerprint density at radius 2 is 2.13 bits per heavy atom. The van der Waals surface area contributed by atoms with E-state index in [1.807, 2.05) is 0 Å². The lowest BCUT2D eigenvalue weighted by molar-refractivity contribution is -0.0120. The molecule has 2 aliphatic carbocycles. The van der Waals surface area contributed by atoms with Gasteiger partial charge in [-0.25, -0.2) is 0 Å². The number of morpholine rings is 1. The molecule has 86 valence electrons. The van der Waals surface area contributed by atoms with Crippen molar-refractivity contribution in [3.05, 3.63) is 0 Å². The highest BCUT2D eigenvalue weighted by Gasteiger charge is 2.52. The van der Waals surface area contributed by atoms with Gasteiger partial charge in [-0.15, -0.1) is 0 Å². The number of ether oxygens (including phenoxy) is 1. The SMILES string of the molecule is SCC12CCC(CC1N1CCOCC1)C2. The zero-order chi connectivity index (χ0) is 10.3. The number of hydrogen-bond donors (Lipinski definition) is 1. The first-order valence-corrected chi connectivity index (χ1v) is 6.90. The average Bonchev–Trinajstić information content (AvgIpc) is 2.88. The lowest BCUT2D eigenvalue weighted by atomic mass is 9.80. The van der Waals surface area contributed by atoms with E-state index < -0.39 is 0 Å². The van der Waals surface area contributed by atoms with E-state index in [0.29, 0.717) is 5.41 Å². The Morgan fingerprint density at radius 3 is 2.80 bits per heavy atom. The van der Waals surface area contributed by atoms with Crippen LogP contribution in [0.15, 0.2) is 0 Å². The van der Waals surface area contributed by atoms with E-state index in [9.17, 15) is 0 Å². The van der Waals surface area contributed by atoms with Gasteiger partial charge >= 0.3 is 0 Å². The first-order valence-electron chi connectivity index (χ1n) is 6.27. The van der Waals surface area contributed by atoms with Crippen molar-refractivity contribution in [1.82, 2.24) is 4.90 Å². The predicted molar refractivity (Wildman–Crippen MR) is 64.4 cm³/mol. The molecule has 3 atom stereocenters. The summed E-state index contributed by atoms with van der Waals surface area (Å²) in [6.45, 7) is 4.16. The Kier molecular flexibility index (Phi) is 2.74. The van der Waals surface area contributed by atoms with E-state index in [1.54, 1.807) is 0 Å². The summed E-state index contributed by atoms with van der Waals surface area (Å²) in [5, 5.41) is 0. The first-order chi connectivity index (χ1) is 7.34. The molecule has 2 saturated carbocycles. The molecule has 0 amide bonds. The maximum atomic E-state index is 5.45. The molecule has 0 radical (unpaired) electrons. The summed E-state index contributed by atoms with van der Waals surface area (Å²) in [6.07, 6.45) is 5.75. The highest BCUT2D eigenvalue weighted by atomic mass is 32.1. The molecule has 2 bridgehead atoms. The summed E-state index contributed by atoms with van der Waals surface area (Å²) in [5.41, 5.74) is 0.561. The molecule has 0 aromatic heterocycles. The quantitative estimate of drug-likeness (QED) is 0.722. The van der Waals surface area contributed by atoms with Crippen molar-refractivity contribution in [2.24, 2.45) is 11.3 Å². The average molecular weight is 227 g/mol. The predicted octanol–water partition coefficient (Wildman–Crippen LogP) is 1.81. The molecule has 1 aliphatic heterocycles. The van der Waals surface area contributed by atoms with Gasteiger partial charge in [0.1, 0.15) is 0 Å². The van der Waals surface area contributed by atoms with Gasteiger partial charge in [-0.1, -0.05) is 0 Å². The standard InChI is InChI=1S/C12H21NOS/c15-9-12-2-1-10(8-12)7-11(12)13-3-5-14-6-4-13/h10-11,15H,1-9H2. The van der Waals surface area contributed by atoms with Crippen molar-refractivity contribution < 1.29 is 4.74 Å². The molecule has 3 aliphatic rings. The largest absolute Gasteiger partial charge is 0.379 e. The van der Waals surface area contributed by atoms with Crippen molar-refractivity contribution >= 4 is 12.6 Å². The van der Waals surface area contributed by atoms with Gasteiger partial charge in [0, 0.05) is 19.1 Å². The van der Waals surface area contributed by atoms with Crippen LogP contribution in [0.4, 0.5) is 0 Å². The molecule has 0 spiro atoms. The normalized spacial score (nSPS) is 46.2. The van der Waals surface area contributed by atoms with Gasteiger partial charge in [-0.3, -0.25) is 4.90 Å². The summed E-state index contributed by atoms with van der Waals surface area (Å²) in [7, 11) is 0. The van der Waals surface area contributed by atoms with Crippen molar-refractivity contribution in [3.8, 4) is 0 Å². The third-order valence-corrected chi connectivity index (χ3v) is 5.44. The van der Waals surface area contributed by atoms with Crippen LogP contribution in [0.25, 0.3) is 0 Å². The molecule has 0 aromatic rings. The van der Waals surface area contributed by atoms with Crippen LogP contribution in [0.2, 0.25) is 0 Å². The Morgan fingerprint density at radius 1 is 1.33 bits per heavy atom. The van der Waals surface area contributed by atoms with E-state index in [-0.39, 0.29) is 0 Å². The fourth-order valence-electron chi connectivity index (χ4n) is 4.01. The summed E-state index contributed by atoms with van der Waals surface area (Å²) in [6, 6.07) is 0.817. The van der Waals surface area contributed by atoms with Gasteiger partial charge < -0.3 is 4.74 Å². The van der Waals surface area contributed by atoms with Crippen molar-refractivity contribution in [3.63, 3.8) is 0 Å². The summed E-state index contributed by atoms with van der Waals surface area (Å²) in [4.78, 5) is 2.68. The molecule has 15 heavy (non-hydrogen) atoms. The third kappa shape index (κ3) is 1.63. The maximum absolute atomic E-state index is 5.45. The molecular formula is C12H21NOS. The second-order valence-electron chi connectivity index (χ2n) is 5.53. The van der Waals surface area contributed by atoms with Crippen LogP contribution in [0, 0.1) is 11.3 Å². The minimum atomic E-state index is 0.561. The van der Waals surface area contributed by atoms with Crippen LogP contribution in [0.1, 0.15) is 25.7 Å². The second-order valence-corrected chi connectivity index (χ2v) is 5.85. The monoisotopic (exact) mass is 227 g/mol. The minimum absolute atomic E-state index is 0.561. The van der Waals surface area contributed by atoms with Gasteiger partial charge in [0.25, 0.3) is 0 Å². The van der Waals surface area contributed by atoms with Crippen LogP contribution in [-0.4, -0.2) is 43.0 Å². The Balaban J connectivity index is 1.75. The molecular weight excluding hydrogens is 206 g/mol. The summed E-state index contributed by atoms with van der Waals surface area (Å²) < 4.78 is 5.45. The molecule has 1 saturated heterocycles. The highest BCUT2D eigenvalue weighted by Crippen LogP contribution is 2.56. The van der Waals surface area contributed by atoms with Gasteiger partial charge in [-0.2, -0.15) is 12.6 Å². The van der Waals surface area contributed by atoms with Gasteiger partial charge in [0.05, 0.1) is 13.2 Å². The lowest BCUT2D eigenvalue weighted by Crippen LogP contribution is -2.50. The number of hydrogen-bond acceptors (Lipinski definition) is 3. The zero-order valence-electron chi connectivity index (χ0n) is 9.32. The molecule has 3 fully saturated rings. The van der Waals surface area contributed by atoms with Gasteiger partial charge in [0.2, 0.25) is 0 Å². The number of thiol groups is 1. The van der Waals surface area contributed by atoms with E-state index in [1.165, 1.54) is 25.7 Å². The van der Waals surface area contributed by atoms with Crippen LogP contribution in [-0.2, 0) is 4.74 Å². The molecule has 3 unspecified atom stereocenters. The lowest BCUT2D eigenvalue weighted by Gasteiger charge is -2.43. The van der Waals surface area contributed by atoms with Crippen LogP contribution >= 0.6 is 12.6 Å². The van der Waals surface area contributed by atoms with E-state index >= 15 is 0 Å². The third-order valence-electron chi connectivity index (χ3n) is 4.81. The molecule has 1 heterocycles. The van der Waals surface area contributed by atoms with Crippen molar-refractivity contribution in [2.45, 2.75) is 31.7 Å². The molecule has 3 heteroatoms. The summed E-state index contributed by atoms with van der Waals surface area (Å²) in [5.74, 6) is 2.09. The Labute approximate surface area is 97.8 Å². The van der Waals surface area contributed by atoms with Gasteiger partial charge in [-0.05, 0) is 42.8 Å². The smallest absolute Gasteiger partial charge is 0.0594 e. The number of fused-ring (bicyclic) bond motifs is 2. The molecule has 0 N–H and O–H groups in total. The molecule has 3 rings (SSSR count). The van der Waals surface area contributed by atoms with E-state index in [2.05, 4.69) is 17.5 Å². The zero-order valence-corrected chi connectivity index (χ0v) is 10.2. The van der Waals surface area contributed by atoms with Crippen molar-refractivity contribution in [2.75, 3.05) is 32.1 Å². The first kappa shape index (κ1) is 10.4. The summed E-state index contributed by atoms with van der Waals surface area (Å²) >= 11 is 4.63. The Bertz CT molecular complexity index is 242. The second kappa shape index (κ2) is 3.94. The highest BCUT2D eigenvalue weighted by molar-refractivity contribution is 7.80.